The van der Waals surface area contributed by atoms with Gasteiger partial charge in [0, 0.05) is 19.3 Å². The van der Waals surface area contributed by atoms with Gasteiger partial charge in [0.1, 0.15) is 11.3 Å². The molecule has 0 spiro atoms. The van der Waals surface area contributed by atoms with Gasteiger partial charge in [0.25, 0.3) is 0 Å². The van der Waals surface area contributed by atoms with E-state index in [9.17, 15) is 24.3 Å². The number of ether oxygens (including phenoxy) is 5. The summed E-state index contributed by atoms with van der Waals surface area (Å²) in [6.45, 7) is 5.21. The lowest BCUT2D eigenvalue weighted by Gasteiger charge is -2.40. The standard InChI is InChI=1S/C24H32O10/c1-4-9-18(25)31-17-14-30-24(32-16-13-8-7-12-15(16)23(28)29)22(34-20(27)11-6-3)21(17)33-19(26)10-5-2/h7-8,12-13,17,21-22,24H,4-6,9-11,14H2,1-3H3,(H,28,29)/t17-,21+,22-,24-/m1/s1. The molecule has 10 nitrogen and oxygen atoms in total. The van der Waals surface area contributed by atoms with Crippen LogP contribution in [0.25, 0.3) is 0 Å². The van der Waals surface area contributed by atoms with E-state index in [0.29, 0.717) is 19.3 Å². The van der Waals surface area contributed by atoms with Crippen LogP contribution in [0.2, 0.25) is 0 Å². The van der Waals surface area contributed by atoms with Gasteiger partial charge >= 0.3 is 23.9 Å². The van der Waals surface area contributed by atoms with E-state index < -0.39 is 48.5 Å². The predicted octanol–water partition coefficient (Wildman–Crippen LogP) is 3.26. The van der Waals surface area contributed by atoms with Crippen LogP contribution in [0.1, 0.15) is 69.7 Å². The Labute approximate surface area is 198 Å². The summed E-state index contributed by atoms with van der Waals surface area (Å²) in [5.74, 6) is -2.90. The summed E-state index contributed by atoms with van der Waals surface area (Å²) in [6.07, 6.45) is -2.90. The van der Waals surface area contributed by atoms with Crippen molar-refractivity contribution in [2.45, 2.75) is 83.9 Å². The first kappa shape index (κ1) is 27.1. The van der Waals surface area contributed by atoms with Gasteiger partial charge in [-0.15, -0.1) is 0 Å². The summed E-state index contributed by atoms with van der Waals surface area (Å²) in [6, 6.07) is 5.90. The Morgan fingerprint density at radius 3 is 1.94 bits per heavy atom. The summed E-state index contributed by atoms with van der Waals surface area (Å²) in [5.41, 5.74) is -0.124. The van der Waals surface area contributed by atoms with Crippen molar-refractivity contribution in [1.29, 1.82) is 0 Å². The van der Waals surface area contributed by atoms with Crippen LogP contribution in [-0.4, -0.2) is 60.2 Å². The Kier molecular flexibility index (Phi) is 10.8. The van der Waals surface area contributed by atoms with Gasteiger partial charge in [-0.1, -0.05) is 32.9 Å². The minimum atomic E-state index is -1.30. The lowest BCUT2D eigenvalue weighted by Crippen LogP contribution is -2.59. The number of benzene rings is 1. The van der Waals surface area contributed by atoms with Crippen LogP contribution < -0.4 is 4.74 Å². The van der Waals surface area contributed by atoms with Gasteiger partial charge < -0.3 is 28.8 Å². The van der Waals surface area contributed by atoms with Crippen LogP contribution in [0.3, 0.4) is 0 Å². The van der Waals surface area contributed by atoms with E-state index in [1.54, 1.807) is 19.9 Å². The lowest BCUT2D eigenvalue weighted by molar-refractivity contribution is -0.261. The SMILES string of the molecule is CCCC(=O)O[C@@H]1[C@@H](OC(=O)CCC)[C@@H](Oc2ccccc2C(=O)O)OC[C@H]1OC(=O)CCC. The van der Waals surface area contributed by atoms with Crippen LogP contribution >= 0.6 is 0 Å². The molecule has 0 aromatic heterocycles. The molecule has 0 bridgehead atoms. The highest BCUT2D eigenvalue weighted by Gasteiger charge is 2.49. The number of carbonyl (C=O) groups excluding carboxylic acids is 3. The minimum Gasteiger partial charge on any atom is -0.478 e. The van der Waals surface area contributed by atoms with E-state index >= 15 is 0 Å². The van der Waals surface area contributed by atoms with Crippen molar-refractivity contribution < 1.29 is 48.0 Å². The van der Waals surface area contributed by atoms with E-state index in [-0.39, 0.29) is 37.2 Å². The number of rotatable bonds is 12. The van der Waals surface area contributed by atoms with Gasteiger partial charge in [0.15, 0.2) is 12.2 Å². The molecule has 1 aromatic carbocycles. The number of esters is 3. The average Bonchev–Trinajstić information content (AvgIpc) is 2.78. The molecule has 1 aliphatic heterocycles. The molecule has 0 saturated carbocycles. The number of carboxylic acid groups (broad SMARTS) is 1. The van der Waals surface area contributed by atoms with Crippen molar-refractivity contribution in [1.82, 2.24) is 0 Å². The second-order valence-electron chi connectivity index (χ2n) is 7.81. The number of carboxylic acids is 1. The number of carbonyl (C=O) groups is 4. The van der Waals surface area contributed by atoms with Crippen LogP contribution in [0.5, 0.6) is 5.75 Å². The van der Waals surface area contributed by atoms with Gasteiger partial charge in [0.2, 0.25) is 12.4 Å². The molecule has 34 heavy (non-hydrogen) atoms. The zero-order valence-corrected chi connectivity index (χ0v) is 19.7. The maximum Gasteiger partial charge on any atom is 0.339 e. The molecule has 1 heterocycles. The molecule has 1 fully saturated rings. The largest absolute Gasteiger partial charge is 0.478 e. The highest BCUT2D eigenvalue weighted by Crippen LogP contribution is 2.29. The fourth-order valence-electron chi connectivity index (χ4n) is 3.35. The molecule has 0 radical (unpaired) electrons. The highest BCUT2D eigenvalue weighted by atomic mass is 16.7. The quantitative estimate of drug-likeness (QED) is 0.351. The Hall–Kier alpha value is -3.14. The molecule has 0 amide bonds. The number of aromatic carboxylic acids is 1. The van der Waals surface area contributed by atoms with E-state index in [1.165, 1.54) is 18.2 Å². The molecule has 0 aliphatic carbocycles. The van der Waals surface area contributed by atoms with E-state index in [0.717, 1.165) is 0 Å². The van der Waals surface area contributed by atoms with Gasteiger partial charge in [-0.3, -0.25) is 14.4 Å². The summed E-state index contributed by atoms with van der Waals surface area (Å²) < 4.78 is 28.2. The molecular weight excluding hydrogens is 448 g/mol. The first-order valence-electron chi connectivity index (χ1n) is 11.5. The Morgan fingerprint density at radius 2 is 1.38 bits per heavy atom. The first-order valence-corrected chi connectivity index (χ1v) is 11.5. The summed E-state index contributed by atoms with van der Waals surface area (Å²) in [7, 11) is 0. The molecule has 4 atom stereocenters. The Balaban J connectivity index is 2.39. The van der Waals surface area contributed by atoms with Gasteiger partial charge in [-0.2, -0.15) is 0 Å². The third kappa shape index (κ3) is 7.72. The number of hydrogen-bond donors (Lipinski definition) is 1. The third-order valence-corrected chi connectivity index (χ3v) is 4.92. The molecular formula is C24H32O10. The zero-order valence-electron chi connectivity index (χ0n) is 19.7. The molecule has 1 aromatic rings. The van der Waals surface area contributed by atoms with Crippen LogP contribution in [-0.2, 0) is 33.3 Å². The topological polar surface area (TPSA) is 135 Å². The van der Waals surface area contributed by atoms with Crippen molar-refractivity contribution in [3.05, 3.63) is 29.8 Å². The highest BCUT2D eigenvalue weighted by molar-refractivity contribution is 5.90. The van der Waals surface area contributed by atoms with Gasteiger partial charge in [0.05, 0.1) is 6.61 Å². The molecule has 10 heteroatoms. The maximum atomic E-state index is 12.4. The van der Waals surface area contributed by atoms with Gasteiger partial charge in [-0.25, -0.2) is 4.79 Å². The van der Waals surface area contributed by atoms with Crippen molar-refractivity contribution in [2.24, 2.45) is 0 Å². The zero-order chi connectivity index (χ0) is 25.1. The van der Waals surface area contributed by atoms with E-state index in [1.807, 2.05) is 6.92 Å². The molecule has 188 valence electrons. The monoisotopic (exact) mass is 480 g/mol. The minimum absolute atomic E-state index is 0.0170. The molecule has 0 unspecified atom stereocenters. The third-order valence-electron chi connectivity index (χ3n) is 4.92. The van der Waals surface area contributed by atoms with E-state index in [2.05, 4.69) is 0 Å². The Bertz CT molecular complexity index is 852. The summed E-state index contributed by atoms with van der Waals surface area (Å²) >= 11 is 0. The van der Waals surface area contributed by atoms with Crippen LogP contribution in [0.15, 0.2) is 24.3 Å². The normalized spacial score (nSPS) is 21.9. The fraction of sp³-hybridized carbons (Fsp3) is 0.583. The van der Waals surface area contributed by atoms with Crippen molar-refractivity contribution in [3.8, 4) is 5.75 Å². The maximum absolute atomic E-state index is 12.4. The van der Waals surface area contributed by atoms with Gasteiger partial charge in [-0.05, 0) is 31.4 Å². The molecule has 1 aliphatic rings. The molecule has 1 saturated heterocycles. The smallest absolute Gasteiger partial charge is 0.339 e. The average molecular weight is 481 g/mol. The lowest BCUT2D eigenvalue weighted by atomic mass is 10.0. The van der Waals surface area contributed by atoms with Crippen molar-refractivity contribution >= 4 is 23.9 Å². The van der Waals surface area contributed by atoms with E-state index in [4.69, 9.17) is 23.7 Å². The molecule has 2 rings (SSSR count). The van der Waals surface area contributed by atoms with Crippen molar-refractivity contribution in [2.75, 3.05) is 6.61 Å². The molecule has 1 N–H and O–H groups in total. The van der Waals surface area contributed by atoms with Crippen LogP contribution in [0, 0.1) is 0 Å². The first-order chi connectivity index (χ1) is 16.3. The van der Waals surface area contributed by atoms with Crippen LogP contribution in [0.4, 0.5) is 0 Å². The number of para-hydroxylation sites is 1. The second-order valence-corrected chi connectivity index (χ2v) is 7.81. The van der Waals surface area contributed by atoms with Crippen molar-refractivity contribution in [3.63, 3.8) is 0 Å². The number of hydrogen-bond acceptors (Lipinski definition) is 9. The second kappa shape index (κ2) is 13.5. The summed E-state index contributed by atoms with van der Waals surface area (Å²) in [4.78, 5) is 48.5. The predicted molar refractivity (Wildman–Crippen MR) is 118 cm³/mol. The Morgan fingerprint density at radius 1 is 0.853 bits per heavy atom. The summed E-state index contributed by atoms with van der Waals surface area (Å²) in [5, 5.41) is 9.47. The fourth-order valence-corrected chi connectivity index (χ4v) is 3.35.